The van der Waals surface area contributed by atoms with Crippen molar-refractivity contribution in [3.8, 4) is 0 Å². The highest BCUT2D eigenvalue weighted by molar-refractivity contribution is 6.06. The summed E-state index contributed by atoms with van der Waals surface area (Å²) in [6.07, 6.45) is 6.14. The number of hydrogen-bond acceptors (Lipinski definition) is 5. The molecule has 28 heavy (non-hydrogen) atoms. The van der Waals surface area contributed by atoms with Crippen LogP contribution in [0.1, 0.15) is 80.5 Å². The predicted octanol–water partition coefficient (Wildman–Crippen LogP) is 4.06. The van der Waals surface area contributed by atoms with Gasteiger partial charge in [-0.1, -0.05) is 25.9 Å². The lowest BCUT2D eigenvalue weighted by Gasteiger charge is -2.35. The van der Waals surface area contributed by atoms with Crippen molar-refractivity contribution >= 4 is 29.4 Å². The predicted molar refractivity (Wildman–Crippen MR) is 112 cm³/mol. The second-order valence-electron chi connectivity index (χ2n) is 9.30. The van der Waals surface area contributed by atoms with Crippen LogP contribution in [-0.4, -0.2) is 40.1 Å². The van der Waals surface area contributed by atoms with E-state index in [4.69, 9.17) is 15.2 Å². The van der Waals surface area contributed by atoms with Crippen molar-refractivity contribution in [2.24, 2.45) is 11.1 Å². The lowest BCUT2D eigenvalue weighted by molar-refractivity contribution is 0.0625. The van der Waals surface area contributed by atoms with Gasteiger partial charge in [0.05, 0.1) is 16.6 Å². The quantitative estimate of drug-likeness (QED) is 0.827. The number of pyridine rings is 1. The average molecular weight is 407 g/mol. The number of aromatic nitrogens is 2. The van der Waals surface area contributed by atoms with Gasteiger partial charge >= 0.3 is 0 Å². The Morgan fingerprint density at radius 2 is 2.04 bits per heavy atom. The van der Waals surface area contributed by atoms with Crippen LogP contribution in [0.3, 0.4) is 0 Å². The zero-order valence-electron chi connectivity index (χ0n) is 17.0. The largest absolute Gasteiger partial charge is 0.336 e. The van der Waals surface area contributed by atoms with E-state index in [0.717, 1.165) is 61.8 Å². The fraction of sp³-hybridized carbons (Fsp3) is 0.667. The fourth-order valence-corrected chi connectivity index (χ4v) is 4.08. The molecule has 154 valence electrons. The smallest absolute Gasteiger partial charge is 0.259 e. The third-order valence-corrected chi connectivity index (χ3v) is 5.62. The van der Waals surface area contributed by atoms with Gasteiger partial charge in [-0.05, 0) is 50.0 Å². The molecule has 1 amide bonds. The molecular formula is C21H31ClN4O2. The number of likely N-dealkylation sites (tertiary alicyclic amines) is 1. The molecule has 1 saturated carbocycles. The first-order valence-electron chi connectivity index (χ1n) is 10.2. The molecule has 2 N–H and O–H groups in total. The highest BCUT2D eigenvalue weighted by Crippen LogP contribution is 2.41. The second kappa shape index (κ2) is 7.99. The molecule has 1 saturated heterocycles. The first kappa shape index (κ1) is 21.1. The van der Waals surface area contributed by atoms with Gasteiger partial charge < -0.3 is 15.2 Å². The molecular weight excluding hydrogens is 376 g/mol. The molecule has 2 aliphatic rings. The van der Waals surface area contributed by atoms with Gasteiger partial charge in [0.1, 0.15) is 0 Å². The molecule has 7 heteroatoms. The molecule has 2 aromatic heterocycles. The molecule has 0 bridgehead atoms. The van der Waals surface area contributed by atoms with Crippen LogP contribution in [0.15, 0.2) is 10.6 Å². The molecule has 0 spiro atoms. The number of halogens is 1. The number of carbonyl (C=O) groups excluding carboxylic acids is 1. The van der Waals surface area contributed by atoms with Gasteiger partial charge in [-0.2, -0.15) is 0 Å². The molecule has 6 nitrogen and oxygen atoms in total. The van der Waals surface area contributed by atoms with E-state index in [2.05, 4.69) is 25.9 Å². The van der Waals surface area contributed by atoms with Crippen LogP contribution < -0.4 is 5.73 Å². The summed E-state index contributed by atoms with van der Waals surface area (Å²) in [5.74, 6) is 0.501. The lowest BCUT2D eigenvalue weighted by Crippen LogP contribution is -2.47. The van der Waals surface area contributed by atoms with Crippen LogP contribution >= 0.6 is 12.4 Å². The minimum Gasteiger partial charge on any atom is -0.336 e. The van der Waals surface area contributed by atoms with Crippen molar-refractivity contribution in [1.29, 1.82) is 0 Å². The Morgan fingerprint density at radius 3 is 2.68 bits per heavy atom. The van der Waals surface area contributed by atoms with Gasteiger partial charge in [0, 0.05) is 30.7 Å². The minimum absolute atomic E-state index is 0. The Labute approximate surface area is 172 Å². The Hall–Kier alpha value is -1.66. The summed E-state index contributed by atoms with van der Waals surface area (Å²) in [6, 6.07) is 2.11. The fourth-order valence-electron chi connectivity index (χ4n) is 4.08. The number of fused-ring (bicyclic) bond motifs is 1. The molecule has 2 fully saturated rings. The Morgan fingerprint density at radius 1 is 1.29 bits per heavy atom. The standard InChI is InChI=1S/C21H30N4O2.ClH/c1-21(2,3)11-17-18-15(20(26)25-9-5-4-6-14(25)12-22)10-16(13-7-8-13)23-19(18)27-24-17;/h10,13-14H,4-9,11-12,22H2,1-3H3;1H. The molecule has 1 atom stereocenters. The Bertz CT molecular complexity index is 854. The number of amides is 1. The van der Waals surface area contributed by atoms with Crippen molar-refractivity contribution < 1.29 is 9.32 Å². The van der Waals surface area contributed by atoms with Crippen LogP contribution in [0.5, 0.6) is 0 Å². The van der Waals surface area contributed by atoms with Gasteiger partial charge in [0.15, 0.2) is 0 Å². The summed E-state index contributed by atoms with van der Waals surface area (Å²) in [5.41, 5.74) is 9.01. The van der Waals surface area contributed by atoms with E-state index in [0.29, 0.717) is 23.7 Å². The highest BCUT2D eigenvalue weighted by Gasteiger charge is 2.33. The van der Waals surface area contributed by atoms with E-state index in [-0.39, 0.29) is 29.8 Å². The lowest BCUT2D eigenvalue weighted by atomic mass is 9.89. The van der Waals surface area contributed by atoms with E-state index in [1.807, 2.05) is 11.0 Å². The maximum atomic E-state index is 13.6. The average Bonchev–Trinajstić information content (AvgIpc) is 3.42. The Kier molecular flexibility index (Phi) is 6.01. The summed E-state index contributed by atoms with van der Waals surface area (Å²) < 4.78 is 5.59. The maximum Gasteiger partial charge on any atom is 0.259 e. The number of rotatable bonds is 4. The van der Waals surface area contributed by atoms with Crippen molar-refractivity contribution in [2.45, 2.75) is 71.3 Å². The number of carbonyl (C=O) groups is 1. The normalized spacial score (nSPS) is 20.3. The number of nitrogens with two attached hydrogens (primary N) is 1. The van der Waals surface area contributed by atoms with E-state index in [1.165, 1.54) is 0 Å². The van der Waals surface area contributed by atoms with Crippen molar-refractivity contribution in [3.05, 3.63) is 23.0 Å². The molecule has 4 rings (SSSR count). The van der Waals surface area contributed by atoms with Gasteiger partial charge in [0.2, 0.25) is 0 Å². The van der Waals surface area contributed by atoms with Gasteiger partial charge in [-0.3, -0.25) is 4.79 Å². The van der Waals surface area contributed by atoms with E-state index < -0.39 is 0 Å². The summed E-state index contributed by atoms with van der Waals surface area (Å²) in [4.78, 5) is 20.2. The zero-order valence-corrected chi connectivity index (χ0v) is 17.8. The van der Waals surface area contributed by atoms with E-state index in [9.17, 15) is 4.79 Å². The minimum atomic E-state index is 0. The van der Waals surface area contributed by atoms with Crippen LogP contribution in [0.25, 0.3) is 11.1 Å². The van der Waals surface area contributed by atoms with Crippen LogP contribution in [-0.2, 0) is 6.42 Å². The van der Waals surface area contributed by atoms with Crippen molar-refractivity contribution in [3.63, 3.8) is 0 Å². The molecule has 2 aromatic rings. The first-order chi connectivity index (χ1) is 12.9. The van der Waals surface area contributed by atoms with Gasteiger partial charge in [-0.15, -0.1) is 12.4 Å². The Balaban J connectivity index is 0.00000225. The SMILES string of the molecule is CC(C)(C)Cc1noc2nc(C3CC3)cc(C(=O)N3CCCCC3CN)c12.Cl. The maximum absolute atomic E-state index is 13.6. The summed E-state index contributed by atoms with van der Waals surface area (Å²) in [5, 5.41) is 5.09. The van der Waals surface area contributed by atoms with E-state index in [1.54, 1.807) is 0 Å². The molecule has 3 heterocycles. The summed E-state index contributed by atoms with van der Waals surface area (Å²) in [6.45, 7) is 7.76. The van der Waals surface area contributed by atoms with Crippen LogP contribution in [0.4, 0.5) is 0 Å². The highest BCUT2D eigenvalue weighted by atomic mass is 35.5. The second-order valence-corrected chi connectivity index (χ2v) is 9.30. The number of nitrogens with zero attached hydrogens (tertiary/aromatic N) is 3. The van der Waals surface area contributed by atoms with Crippen molar-refractivity contribution in [2.75, 3.05) is 13.1 Å². The monoisotopic (exact) mass is 406 g/mol. The molecule has 1 unspecified atom stereocenters. The van der Waals surface area contributed by atoms with Crippen LogP contribution in [0.2, 0.25) is 0 Å². The number of piperidine rings is 1. The number of hydrogen-bond donors (Lipinski definition) is 1. The van der Waals surface area contributed by atoms with Gasteiger partial charge in [-0.25, -0.2) is 4.98 Å². The van der Waals surface area contributed by atoms with Gasteiger partial charge in [0.25, 0.3) is 11.6 Å². The first-order valence-corrected chi connectivity index (χ1v) is 10.2. The van der Waals surface area contributed by atoms with Crippen LogP contribution in [0, 0.1) is 5.41 Å². The summed E-state index contributed by atoms with van der Waals surface area (Å²) >= 11 is 0. The molecule has 1 aliphatic heterocycles. The van der Waals surface area contributed by atoms with Crippen molar-refractivity contribution in [1.82, 2.24) is 15.0 Å². The molecule has 0 aromatic carbocycles. The zero-order chi connectivity index (χ0) is 19.2. The van der Waals surface area contributed by atoms with E-state index >= 15 is 0 Å². The third-order valence-electron chi connectivity index (χ3n) is 5.62. The molecule has 1 aliphatic carbocycles. The summed E-state index contributed by atoms with van der Waals surface area (Å²) in [7, 11) is 0. The third kappa shape index (κ3) is 4.18. The topological polar surface area (TPSA) is 85.2 Å². The molecule has 0 radical (unpaired) electrons.